The summed E-state index contributed by atoms with van der Waals surface area (Å²) in [4.78, 5) is 12.4. The molecule has 8 atom stereocenters. The van der Waals surface area contributed by atoms with Crippen molar-refractivity contribution in [3.8, 4) is 0 Å². The molecular weight excluding hydrogens is 340 g/mol. The van der Waals surface area contributed by atoms with E-state index in [4.69, 9.17) is 0 Å². The average Bonchev–Trinajstić information content (AvgIpc) is 2.87. The van der Waals surface area contributed by atoms with Crippen LogP contribution in [0.4, 0.5) is 0 Å². The van der Waals surface area contributed by atoms with Crippen molar-refractivity contribution in [2.45, 2.75) is 58.2 Å². The van der Waals surface area contributed by atoms with Crippen molar-refractivity contribution >= 4 is 5.78 Å². The molecule has 0 aromatic heterocycles. The summed E-state index contributed by atoms with van der Waals surface area (Å²) in [6, 6.07) is 0. The molecular formula is C23H32O4. The number of carbonyl (C=O) groups is 1. The van der Waals surface area contributed by atoms with Crippen LogP contribution in [0, 0.1) is 34.5 Å². The number of carbonyl (C=O) groups excluding carboxylic acids is 1. The Bertz CT molecular complexity index is 751. The van der Waals surface area contributed by atoms with E-state index in [1.54, 1.807) is 0 Å². The van der Waals surface area contributed by atoms with Crippen molar-refractivity contribution in [2.24, 2.45) is 34.5 Å². The van der Waals surface area contributed by atoms with Gasteiger partial charge in [0, 0.05) is 16.7 Å². The third kappa shape index (κ3) is 2.30. The lowest BCUT2D eigenvalue weighted by molar-refractivity contribution is -0.180. The Labute approximate surface area is 161 Å². The topological polar surface area (TPSA) is 77.8 Å². The number of ketones is 1. The first-order valence-corrected chi connectivity index (χ1v) is 10.2. The van der Waals surface area contributed by atoms with Gasteiger partial charge in [0.1, 0.15) is 12.2 Å². The minimum Gasteiger partial charge on any atom is -0.393 e. The zero-order chi connectivity index (χ0) is 19.8. The van der Waals surface area contributed by atoms with Gasteiger partial charge in [-0.25, -0.2) is 0 Å². The number of allylic oxidation sites excluding steroid dienone is 5. The molecule has 0 bridgehead atoms. The molecule has 148 valence electrons. The Morgan fingerprint density at radius 3 is 2.74 bits per heavy atom. The van der Waals surface area contributed by atoms with Crippen LogP contribution >= 0.6 is 0 Å². The first kappa shape index (κ1) is 19.1. The molecule has 3 fully saturated rings. The highest BCUT2D eigenvalue weighted by molar-refractivity contribution is 5.89. The quantitative estimate of drug-likeness (QED) is 0.697. The van der Waals surface area contributed by atoms with Crippen LogP contribution < -0.4 is 0 Å². The van der Waals surface area contributed by atoms with Gasteiger partial charge < -0.3 is 15.3 Å². The monoisotopic (exact) mass is 372 g/mol. The molecule has 0 unspecified atom stereocenters. The molecule has 3 saturated carbocycles. The van der Waals surface area contributed by atoms with Gasteiger partial charge in [-0.05, 0) is 49.0 Å². The van der Waals surface area contributed by atoms with Crippen LogP contribution in [0.15, 0.2) is 36.0 Å². The summed E-state index contributed by atoms with van der Waals surface area (Å²) < 4.78 is 0. The summed E-state index contributed by atoms with van der Waals surface area (Å²) >= 11 is 0. The molecule has 0 aliphatic heterocycles. The molecule has 3 N–H and O–H groups in total. The second-order valence-electron chi connectivity index (χ2n) is 9.89. The Morgan fingerprint density at radius 1 is 1.37 bits per heavy atom. The molecule has 4 rings (SSSR count). The van der Waals surface area contributed by atoms with Crippen molar-refractivity contribution in [3.05, 3.63) is 36.0 Å². The SMILES string of the molecule is C=C1C=C[C@@]2(C)C(=C1)[C@@H](C)C[C@@H]1[C@@H]2[C@@H](O)C[C@@]2(C)[C@H]1CC[C@]2(O)C(=O)CO. The molecule has 27 heavy (non-hydrogen) atoms. The predicted octanol–water partition coefficient (Wildman–Crippen LogP) is 2.79. The van der Waals surface area contributed by atoms with Gasteiger partial charge in [-0.3, -0.25) is 4.79 Å². The summed E-state index contributed by atoms with van der Waals surface area (Å²) in [6.45, 7) is 9.86. The lowest BCUT2D eigenvalue weighted by Gasteiger charge is -2.61. The molecule has 0 amide bonds. The number of hydrogen-bond acceptors (Lipinski definition) is 4. The van der Waals surface area contributed by atoms with E-state index in [1.807, 2.05) is 6.92 Å². The summed E-state index contributed by atoms with van der Waals surface area (Å²) in [6.07, 6.45) is 8.35. The number of rotatable bonds is 2. The average molecular weight is 373 g/mol. The maximum atomic E-state index is 12.4. The van der Waals surface area contributed by atoms with Crippen molar-refractivity contribution < 1.29 is 20.1 Å². The van der Waals surface area contributed by atoms with E-state index in [-0.39, 0.29) is 23.2 Å². The van der Waals surface area contributed by atoms with Crippen LogP contribution in [0.25, 0.3) is 0 Å². The van der Waals surface area contributed by atoms with Crippen molar-refractivity contribution in [1.82, 2.24) is 0 Å². The Hall–Kier alpha value is -1.23. The van der Waals surface area contributed by atoms with Gasteiger partial charge in [0.15, 0.2) is 5.78 Å². The van der Waals surface area contributed by atoms with Crippen LogP contribution in [-0.4, -0.2) is 39.4 Å². The summed E-state index contributed by atoms with van der Waals surface area (Å²) in [5.74, 6) is 0.365. The van der Waals surface area contributed by atoms with E-state index >= 15 is 0 Å². The van der Waals surface area contributed by atoms with Crippen LogP contribution in [0.5, 0.6) is 0 Å². The Balaban J connectivity index is 1.78. The lowest BCUT2D eigenvalue weighted by Crippen LogP contribution is -2.62. The number of fused-ring (bicyclic) bond motifs is 5. The first-order chi connectivity index (χ1) is 12.6. The van der Waals surface area contributed by atoms with Crippen molar-refractivity contribution in [2.75, 3.05) is 6.61 Å². The maximum Gasteiger partial charge on any atom is 0.190 e. The van der Waals surface area contributed by atoms with Gasteiger partial charge in [0.2, 0.25) is 0 Å². The number of aliphatic hydroxyl groups is 3. The molecule has 4 nitrogen and oxygen atoms in total. The largest absolute Gasteiger partial charge is 0.393 e. The highest BCUT2D eigenvalue weighted by Gasteiger charge is 2.68. The minimum atomic E-state index is -1.53. The predicted molar refractivity (Wildman–Crippen MR) is 104 cm³/mol. The molecule has 0 radical (unpaired) electrons. The van der Waals surface area contributed by atoms with Gasteiger partial charge in [0.05, 0.1) is 6.10 Å². The van der Waals surface area contributed by atoms with E-state index < -0.39 is 29.5 Å². The molecule has 4 aliphatic rings. The van der Waals surface area contributed by atoms with Gasteiger partial charge in [-0.2, -0.15) is 0 Å². The van der Waals surface area contributed by atoms with Crippen LogP contribution in [0.1, 0.15) is 46.5 Å². The van der Waals surface area contributed by atoms with E-state index in [1.165, 1.54) is 5.57 Å². The zero-order valence-electron chi connectivity index (χ0n) is 16.6. The molecule has 0 aromatic carbocycles. The fraction of sp³-hybridized carbons (Fsp3) is 0.696. The normalized spacial score (nSPS) is 51.3. The zero-order valence-corrected chi connectivity index (χ0v) is 16.6. The van der Waals surface area contributed by atoms with E-state index in [0.717, 1.165) is 18.4 Å². The summed E-state index contributed by atoms with van der Waals surface area (Å²) in [5, 5.41) is 32.0. The first-order valence-electron chi connectivity index (χ1n) is 10.2. The maximum absolute atomic E-state index is 12.4. The van der Waals surface area contributed by atoms with Gasteiger partial charge in [-0.1, -0.05) is 51.2 Å². The highest BCUT2D eigenvalue weighted by Crippen LogP contribution is 2.67. The second-order valence-corrected chi connectivity index (χ2v) is 9.89. The smallest absolute Gasteiger partial charge is 0.190 e. The molecule has 0 saturated heterocycles. The summed E-state index contributed by atoms with van der Waals surface area (Å²) in [7, 11) is 0. The molecule has 0 aromatic rings. The van der Waals surface area contributed by atoms with Crippen LogP contribution in [-0.2, 0) is 4.79 Å². The third-order valence-electron chi connectivity index (χ3n) is 8.67. The highest BCUT2D eigenvalue weighted by atomic mass is 16.3. The molecule has 4 heteroatoms. The minimum absolute atomic E-state index is 0.0777. The van der Waals surface area contributed by atoms with Gasteiger partial charge in [0.25, 0.3) is 0 Å². The molecule has 0 spiro atoms. The lowest BCUT2D eigenvalue weighted by atomic mass is 9.44. The Kier molecular flexibility index (Phi) is 4.16. The number of Topliss-reactive ketones (excluding diaryl/α,β-unsaturated/α-hetero) is 1. The fourth-order valence-electron chi connectivity index (χ4n) is 7.41. The fourth-order valence-corrected chi connectivity index (χ4v) is 7.41. The van der Waals surface area contributed by atoms with Gasteiger partial charge in [-0.15, -0.1) is 0 Å². The van der Waals surface area contributed by atoms with E-state index in [0.29, 0.717) is 18.8 Å². The van der Waals surface area contributed by atoms with Crippen LogP contribution in [0.3, 0.4) is 0 Å². The Morgan fingerprint density at radius 2 is 2.07 bits per heavy atom. The van der Waals surface area contributed by atoms with Crippen molar-refractivity contribution in [3.63, 3.8) is 0 Å². The van der Waals surface area contributed by atoms with Gasteiger partial charge >= 0.3 is 0 Å². The standard InChI is InChI=1S/C23H32O4/c1-13-5-7-21(3)17(9-13)14(2)10-15-16-6-8-23(27,19(26)12-24)22(16,4)11-18(25)20(15)21/h5,7,9,14-16,18,20,24-25,27H,1,6,8,10-12H2,2-4H3/t14-,15-,16-,18-,20+,21-,22-,23-/m0/s1. The van der Waals surface area contributed by atoms with Crippen molar-refractivity contribution in [1.29, 1.82) is 0 Å². The number of aliphatic hydroxyl groups excluding tert-OH is 2. The second kappa shape index (κ2) is 5.88. The third-order valence-corrected chi connectivity index (χ3v) is 8.67. The van der Waals surface area contributed by atoms with Crippen LogP contribution in [0.2, 0.25) is 0 Å². The summed E-state index contributed by atoms with van der Waals surface area (Å²) in [5.41, 5.74) is -0.0844. The van der Waals surface area contributed by atoms with E-state index in [2.05, 4.69) is 38.7 Å². The van der Waals surface area contributed by atoms with E-state index in [9.17, 15) is 20.1 Å². The number of hydrogen-bond donors (Lipinski definition) is 3. The molecule has 4 aliphatic carbocycles. The molecule has 0 heterocycles.